The Kier molecular flexibility index (Phi) is 7.42. The monoisotopic (exact) mass is 201 g/mol. The van der Waals surface area contributed by atoms with Gasteiger partial charge in [0.1, 0.15) is 0 Å². The van der Waals surface area contributed by atoms with Gasteiger partial charge in [-0.05, 0) is 20.0 Å². The van der Waals surface area contributed by atoms with Crippen LogP contribution in [0.5, 0.6) is 0 Å². The van der Waals surface area contributed by atoms with E-state index in [0.717, 1.165) is 19.5 Å². The Morgan fingerprint density at radius 3 is 2.64 bits per heavy atom. The highest BCUT2D eigenvalue weighted by molar-refractivity contribution is 5.76. The van der Waals surface area contributed by atoms with E-state index in [1.54, 1.807) is 0 Å². The van der Waals surface area contributed by atoms with E-state index in [4.69, 9.17) is 5.73 Å². The summed E-state index contributed by atoms with van der Waals surface area (Å²) in [5.41, 5.74) is 5.66. The number of nitrogens with two attached hydrogens (primary N) is 1. The standard InChI is InChI=1S/C10H23N3O/c1-4-9(11)8-10(14)12-6-7-13(3)5-2/h9H,4-8,11H2,1-3H3,(H,12,14). The minimum atomic E-state index is -0.00101. The van der Waals surface area contributed by atoms with Gasteiger partial charge in [0.25, 0.3) is 0 Å². The van der Waals surface area contributed by atoms with Gasteiger partial charge in [0, 0.05) is 25.6 Å². The first kappa shape index (κ1) is 13.4. The molecule has 0 radical (unpaired) electrons. The maximum atomic E-state index is 11.3. The molecular weight excluding hydrogens is 178 g/mol. The minimum Gasteiger partial charge on any atom is -0.355 e. The van der Waals surface area contributed by atoms with Crippen LogP contribution in [0.3, 0.4) is 0 Å². The van der Waals surface area contributed by atoms with Crippen LogP contribution in [0.2, 0.25) is 0 Å². The predicted octanol–water partition coefficient (Wildman–Crippen LogP) is 0.182. The van der Waals surface area contributed by atoms with Gasteiger partial charge in [-0.1, -0.05) is 13.8 Å². The van der Waals surface area contributed by atoms with Crippen molar-refractivity contribution in [3.8, 4) is 0 Å². The summed E-state index contributed by atoms with van der Waals surface area (Å²) in [6.45, 7) is 6.69. The molecule has 3 N–H and O–H groups in total. The second-order valence-corrected chi connectivity index (χ2v) is 3.62. The first-order chi connectivity index (χ1) is 6.60. The Morgan fingerprint density at radius 1 is 1.50 bits per heavy atom. The van der Waals surface area contributed by atoms with Crippen molar-refractivity contribution in [3.05, 3.63) is 0 Å². The van der Waals surface area contributed by atoms with Crippen molar-refractivity contribution < 1.29 is 4.79 Å². The molecule has 4 heteroatoms. The molecule has 0 saturated heterocycles. The molecule has 0 rings (SSSR count). The smallest absolute Gasteiger partial charge is 0.221 e. The fourth-order valence-corrected chi connectivity index (χ4v) is 0.999. The molecule has 0 heterocycles. The first-order valence-corrected chi connectivity index (χ1v) is 5.30. The minimum absolute atomic E-state index is 0.00101. The van der Waals surface area contributed by atoms with Gasteiger partial charge in [0.05, 0.1) is 0 Å². The Bertz CT molecular complexity index is 161. The maximum absolute atomic E-state index is 11.3. The van der Waals surface area contributed by atoms with Crippen molar-refractivity contribution in [1.82, 2.24) is 10.2 Å². The van der Waals surface area contributed by atoms with E-state index < -0.39 is 0 Å². The lowest BCUT2D eigenvalue weighted by Crippen LogP contribution is -2.36. The van der Waals surface area contributed by atoms with Gasteiger partial charge in [-0.25, -0.2) is 0 Å². The molecule has 1 atom stereocenters. The summed E-state index contributed by atoms with van der Waals surface area (Å²) in [6, 6.07) is -0.00101. The third-order valence-corrected chi connectivity index (χ3v) is 2.33. The highest BCUT2D eigenvalue weighted by atomic mass is 16.1. The normalized spacial score (nSPS) is 12.9. The SMILES string of the molecule is CCC(N)CC(=O)NCCN(C)CC. The van der Waals surface area contributed by atoms with Crippen molar-refractivity contribution >= 4 is 5.91 Å². The molecular formula is C10H23N3O. The number of hydrogen-bond donors (Lipinski definition) is 2. The molecule has 0 aliphatic rings. The third kappa shape index (κ3) is 6.86. The fourth-order valence-electron chi connectivity index (χ4n) is 0.999. The zero-order valence-electron chi connectivity index (χ0n) is 9.55. The Labute approximate surface area is 86.8 Å². The van der Waals surface area contributed by atoms with Crippen LogP contribution in [0.4, 0.5) is 0 Å². The van der Waals surface area contributed by atoms with E-state index in [1.807, 2.05) is 14.0 Å². The number of likely N-dealkylation sites (N-methyl/N-ethyl adjacent to an activating group) is 1. The number of rotatable bonds is 7. The van der Waals surface area contributed by atoms with E-state index >= 15 is 0 Å². The van der Waals surface area contributed by atoms with E-state index in [0.29, 0.717) is 13.0 Å². The van der Waals surface area contributed by atoms with Gasteiger partial charge in [0.15, 0.2) is 0 Å². The van der Waals surface area contributed by atoms with Crippen LogP contribution in [-0.2, 0) is 4.79 Å². The summed E-state index contributed by atoms with van der Waals surface area (Å²) in [6.07, 6.45) is 1.29. The van der Waals surface area contributed by atoms with Gasteiger partial charge in [-0.3, -0.25) is 4.79 Å². The van der Waals surface area contributed by atoms with Gasteiger partial charge in [-0.2, -0.15) is 0 Å². The molecule has 1 amide bonds. The molecule has 0 bridgehead atoms. The van der Waals surface area contributed by atoms with Gasteiger partial charge in [-0.15, -0.1) is 0 Å². The van der Waals surface area contributed by atoms with Crippen molar-refractivity contribution in [1.29, 1.82) is 0 Å². The molecule has 84 valence electrons. The van der Waals surface area contributed by atoms with Crippen LogP contribution in [0.25, 0.3) is 0 Å². The summed E-state index contributed by atoms with van der Waals surface area (Å²) < 4.78 is 0. The molecule has 1 unspecified atom stereocenters. The number of carbonyl (C=O) groups is 1. The molecule has 0 aromatic heterocycles. The zero-order chi connectivity index (χ0) is 11.0. The predicted molar refractivity (Wildman–Crippen MR) is 59.1 cm³/mol. The molecule has 0 aromatic carbocycles. The summed E-state index contributed by atoms with van der Waals surface area (Å²) in [5, 5.41) is 2.85. The summed E-state index contributed by atoms with van der Waals surface area (Å²) in [7, 11) is 2.03. The zero-order valence-corrected chi connectivity index (χ0v) is 9.55. The molecule has 4 nitrogen and oxygen atoms in total. The van der Waals surface area contributed by atoms with Crippen molar-refractivity contribution in [2.75, 3.05) is 26.7 Å². The molecule has 0 spiro atoms. The average molecular weight is 201 g/mol. The van der Waals surface area contributed by atoms with Crippen LogP contribution in [0.15, 0.2) is 0 Å². The molecule has 0 aliphatic heterocycles. The number of carbonyl (C=O) groups excluding carboxylic acids is 1. The van der Waals surface area contributed by atoms with E-state index in [-0.39, 0.29) is 11.9 Å². The van der Waals surface area contributed by atoms with E-state index in [1.165, 1.54) is 0 Å². The molecule has 0 fully saturated rings. The lowest BCUT2D eigenvalue weighted by Gasteiger charge is -2.14. The van der Waals surface area contributed by atoms with Crippen molar-refractivity contribution in [2.45, 2.75) is 32.7 Å². The van der Waals surface area contributed by atoms with Crippen LogP contribution in [0.1, 0.15) is 26.7 Å². The second-order valence-electron chi connectivity index (χ2n) is 3.62. The number of amides is 1. The number of nitrogens with zero attached hydrogens (tertiary/aromatic N) is 1. The number of hydrogen-bond acceptors (Lipinski definition) is 3. The largest absolute Gasteiger partial charge is 0.355 e. The Hall–Kier alpha value is -0.610. The lowest BCUT2D eigenvalue weighted by molar-refractivity contribution is -0.121. The van der Waals surface area contributed by atoms with Gasteiger partial charge < -0.3 is 16.0 Å². The quantitative estimate of drug-likeness (QED) is 0.618. The summed E-state index contributed by atoms with van der Waals surface area (Å²) >= 11 is 0. The van der Waals surface area contributed by atoms with Crippen LogP contribution >= 0.6 is 0 Å². The third-order valence-electron chi connectivity index (χ3n) is 2.33. The van der Waals surface area contributed by atoms with E-state index in [9.17, 15) is 4.79 Å². The Balaban J connectivity index is 3.44. The lowest BCUT2D eigenvalue weighted by atomic mass is 10.1. The topological polar surface area (TPSA) is 58.4 Å². The van der Waals surface area contributed by atoms with Crippen LogP contribution in [-0.4, -0.2) is 43.5 Å². The average Bonchev–Trinajstić information content (AvgIpc) is 2.17. The molecule has 0 aromatic rings. The summed E-state index contributed by atoms with van der Waals surface area (Å²) in [5.74, 6) is 0.0591. The van der Waals surface area contributed by atoms with E-state index in [2.05, 4.69) is 17.1 Å². The highest BCUT2D eigenvalue weighted by Crippen LogP contribution is 1.92. The van der Waals surface area contributed by atoms with Crippen molar-refractivity contribution in [3.63, 3.8) is 0 Å². The second kappa shape index (κ2) is 7.76. The molecule has 0 saturated carbocycles. The van der Waals surface area contributed by atoms with Crippen LogP contribution in [0, 0.1) is 0 Å². The number of nitrogens with one attached hydrogen (secondary N) is 1. The van der Waals surface area contributed by atoms with Crippen LogP contribution < -0.4 is 11.1 Å². The molecule has 14 heavy (non-hydrogen) atoms. The van der Waals surface area contributed by atoms with Crippen molar-refractivity contribution in [2.24, 2.45) is 5.73 Å². The fraction of sp³-hybridized carbons (Fsp3) is 0.900. The summed E-state index contributed by atoms with van der Waals surface area (Å²) in [4.78, 5) is 13.4. The Morgan fingerprint density at radius 2 is 2.14 bits per heavy atom. The maximum Gasteiger partial charge on any atom is 0.221 e. The highest BCUT2D eigenvalue weighted by Gasteiger charge is 2.06. The molecule has 0 aliphatic carbocycles. The first-order valence-electron chi connectivity index (χ1n) is 5.30. The van der Waals surface area contributed by atoms with Gasteiger partial charge >= 0.3 is 0 Å². The van der Waals surface area contributed by atoms with Gasteiger partial charge in [0.2, 0.25) is 5.91 Å².